The monoisotopic (exact) mass is 247 g/mol. The molecule has 1 aliphatic carbocycles. The normalized spacial score (nSPS) is 23.0. The largest absolute Gasteiger partial charge is 0.496 e. The maximum atomic E-state index is 5.86. The van der Waals surface area contributed by atoms with Crippen LogP contribution in [0, 0.1) is 12.8 Å². The molecule has 0 spiro atoms. The zero-order chi connectivity index (χ0) is 13.3. The van der Waals surface area contributed by atoms with Crippen LogP contribution >= 0.6 is 0 Å². The average molecular weight is 247 g/mol. The van der Waals surface area contributed by atoms with Crippen LogP contribution in [-0.4, -0.2) is 13.2 Å². The van der Waals surface area contributed by atoms with Crippen LogP contribution in [0.25, 0.3) is 0 Å². The Bertz CT molecular complexity index is 419. The highest BCUT2D eigenvalue weighted by atomic mass is 16.5. The average Bonchev–Trinajstić information content (AvgIpc) is 2.28. The van der Waals surface area contributed by atoms with E-state index < -0.39 is 0 Å². The van der Waals surface area contributed by atoms with E-state index in [-0.39, 0.29) is 0 Å². The third-order valence-corrected chi connectivity index (χ3v) is 4.09. The van der Waals surface area contributed by atoms with Gasteiger partial charge in [0.25, 0.3) is 0 Å². The number of nitrogens with two attached hydrogens (primary N) is 1. The summed E-state index contributed by atoms with van der Waals surface area (Å²) in [7, 11) is 1.76. The first-order chi connectivity index (χ1) is 8.51. The molecule has 0 amide bonds. The molecule has 1 aliphatic rings. The number of ether oxygens (including phenoxy) is 1. The first-order valence-corrected chi connectivity index (χ1v) is 6.94. The molecule has 0 heterocycles. The predicted octanol–water partition coefficient (Wildman–Crippen LogP) is 3.41. The lowest BCUT2D eigenvalue weighted by Crippen LogP contribution is -2.37. The van der Waals surface area contributed by atoms with Gasteiger partial charge in [-0.1, -0.05) is 19.9 Å². The fraction of sp³-hybridized carbons (Fsp3) is 0.625. The van der Waals surface area contributed by atoms with Gasteiger partial charge < -0.3 is 10.5 Å². The molecule has 0 bridgehead atoms. The van der Waals surface area contributed by atoms with Crippen molar-refractivity contribution < 1.29 is 4.74 Å². The molecule has 1 saturated carbocycles. The summed E-state index contributed by atoms with van der Waals surface area (Å²) in [6.07, 6.45) is 3.54. The van der Waals surface area contributed by atoms with E-state index in [0.29, 0.717) is 12.0 Å². The summed E-state index contributed by atoms with van der Waals surface area (Å²) in [6.45, 7) is 6.62. The highest BCUT2D eigenvalue weighted by Crippen LogP contribution is 2.34. The smallest absolute Gasteiger partial charge is 0.122 e. The minimum Gasteiger partial charge on any atom is -0.496 e. The van der Waals surface area contributed by atoms with Crippen LogP contribution in [0.4, 0.5) is 0 Å². The topological polar surface area (TPSA) is 35.2 Å². The van der Waals surface area contributed by atoms with Crippen molar-refractivity contribution in [2.75, 3.05) is 7.11 Å². The summed E-state index contributed by atoms with van der Waals surface area (Å²) in [5.74, 6) is 2.31. The van der Waals surface area contributed by atoms with Crippen molar-refractivity contribution in [1.29, 1.82) is 0 Å². The van der Waals surface area contributed by atoms with Crippen LogP contribution in [0.15, 0.2) is 12.1 Å². The lowest BCUT2D eigenvalue weighted by Gasteiger charge is -2.33. The summed E-state index contributed by atoms with van der Waals surface area (Å²) < 4.78 is 5.48. The maximum Gasteiger partial charge on any atom is 0.122 e. The van der Waals surface area contributed by atoms with E-state index in [4.69, 9.17) is 10.5 Å². The molecule has 0 radical (unpaired) electrons. The molecule has 0 aliphatic heterocycles. The van der Waals surface area contributed by atoms with Crippen LogP contribution in [0.2, 0.25) is 0 Å². The Balaban J connectivity index is 2.21. The van der Waals surface area contributed by atoms with Gasteiger partial charge in [-0.05, 0) is 60.8 Å². The maximum absolute atomic E-state index is 5.86. The third-order valence-electron chi connectivity index (χ3n) is 4.09. The summed E-state index contributed by atoms with van der Waals surface area (Å²) in [4.78, 5) is 0. The van der Waals surface area contributed by atoms with Gasteiger partial charge in [0.1, 0.15) is 5.75 Å². The molecule has 100 valence electrons. The van der Waals surface area contributed by atoms with Gasteiger partial charge in [0.15, 0.2) is 0 Å². The highest BCUT2D eigenvalue weighted by molar-refractivity contribution is 5.44. The van der Waals surface area contributed by atoms with Gasteiger partial charge in [-0.2, -0.15) is 0 Å². The Morgan fingerprint density at radius 3 is 2.50 bits per heavy atom. The van der Waals surface area contributed by atoms with Gasteiger partial charge in [0, 0.05) is 6.04 Å². The Morgan fingerprint density at radius 2 is 2.00 bits per heavy atom. The molecular formula is C16H25NO. The van der Waals surface area contributed by atoms with Crippen LogP contribution in [0.3, 0.4) is 0 Å². The SMILES string of the molecule is COc1cc(C)c(CC2CC(N)C2)cc1C(C)C. The van der Waals surface area contributed by atoms with Gasteiger partial charge in [0.2, 0.25) is 0 Å². The fourth-order valence-electron chi connectivity index (χ4n) is 2.86. The second kappa shape index (κ2) is 5.31. The summed E-state index contributed by atoms with van der Waals surface area (Å²) in [5, 5.41) is 0. The highest BCUT2D eigenvalue weighted by Gasteiger charge is 2.26. The second-order valence-electron chi connectivity index (χ2n) is 5.98. The molecule has 18 heavy (non-hydrogen) atoms. The number of hydrogen-bond donors (Lipinski definition) is 1. The molecule has 0 unspecified atom stereocenters. The molecule has 1 aromatic rings. The number of methoxy groups -OCH3 is 1. The summed E-state index contributed by atoms with van der Waals surface area (Å²) >= 11 is 0. The van der Waals surface area contributed by atoms with Gasteiger partial charge in [-0.25, -0.2) is 0 Å². The Hall–Kier alpha value is -1.02. The quantitative estimate of drug-likeness (QED) is 0.885. The van der Waals surface area contributed by atoms with Gasteiger partial charge in [0.05, 0.1) is 7.11 Å². The van der Waals surface area contributed by atoms with Crippen molar-refractivity contribution in [3.8, 4) is 5.75 Å². The van der Waals surface area contributed by atoms with Crippen molar-refractivity contribution in [2.45, 2.75) is 52.0 Å². The van der Waals surface area contributed by atoms with Crippen molar-refractivity contribution in [2.24, 2.45) is 11.7 Å². The first-order valence-electron chi connectivity index (χ1n) is 6.94. The lowest BCUT2D eigenvalue weighted by atomic mass is 9.76. The van der Waals surface area contributed by atoms with E-state index >= 15 is 0 Å². The van der Waals surface area contributed by atoms with E-state index in [0.717, 1.165) is 11.7 Å². The van der Waals surface area contributed by atoms with Crippen LogP contribution in [-0.2, 0) is 6.42 Å². The molecule has 2 N–H and O–H groups in total. The van der Waals surface area contributed by atoms with E-state index in [1.807, 2.05) is 0 Å². The van der Waals surface area contributed by atoms with E-state index in [1.54, 1.807) is 7.11 Å². The summed E-state index contributed by atoms with van der Waals surface area (Å²) in [5.41, 5.74) is 10.00. The zero-order valence-electron chi connectivity index (χ0n) is 12.0. The molecule has 1 aromatic carbocycles. The van der Waals surface area contributed by atoms with Crippen molar-refractivity contribution in [3.05, 3.63) is 28.8 Å². The second-order valence-corrected chi connectivity index (χ2v) is 5.98. The van der Waals surface area contributed by atoms with E-state index in [9.17, 15) is 0 Å². The molecule has 2 nitrogen and oxygen atoms in total. The number of hydrogen-bond acceptors (Lipinski definition) is 2. The molecule has 2 heteroatoms. The molecule has 1 fully saturated rings. The van der Waals surface area contributed by atoms with Gasteiger partial charge in [-0.3, -0.25) is 0 Å². The number of aryl methyl sites for hydroxylation is 1. The van der Waals surface area contributed by atoms with Crippen LogP contribution in [0.1, 0.15) is 49.3 Å². The fourth-order valence-corrected chi connectivity index (χ4v) is 2.86. The molecule has 2 rings (SSSR count). The van der Waals surface area contributed by atoms with Crippen molar-refractivity contribution >= 4 is 0 Å². The molecule has 0 aromatic heterocycles. The number of rotatable bonds is 4. The number of benzene rings is 1. The van der Waals surface area contributed by atoms with Crippen LogP contribution < -0.4 is 10.5 Å². The Labute approximate surface area is 111 Å². The van der Waals surface area contributed by atoms with Gasteiger partial charge in [-0.15, -0.1) is 0 Å². The summed E-state index contributed by atoms with van der Waals surface area (Å²) in [6, 6.07) is 4.96. The zero-order valence-corrected chi connectivity index (χ0v) is 12.0. The molecular weight excluding hydrogens is 222 g/mol. The third kappa shape index (κ3) is 2.69. The molecule has 0 saturated heterocycles. The molecule has 0 atom stereocenters. The van der Waals surface area contributed by atoms with Crippen molar-refractivity contribution in [3.63, 3.8) is 0 Å². The standard InChI is InChI=1S/C16H25NO/c1-10(2)15-9-13(6-12-7-14(17)8-12)11(3)5-16(15)18-4/h5,9-10,12,14H,6-8,17H2,1-4H3. The minimum atomic E-state index is 0.443. The Morgan fingerprint density at radius 1 is 1.33 bits per heavy atom. The van der Waals surface area contributed by atoms with Crippen LogP contribution in [0.5, 0.6) is 5.75 Å². The first kappa shape index (κ1) is 13.4. The van der Waals surface area contributed by atoms with E-state index in [1.165, 1.54) is 36.0 Å². The predicted molar refractivity (Wildman–Crippen MR) is 76.2 cm³/mol. The van der Waals surface area contributed by atoms with Crippen molar-refractivity contribution in [1.82, 2.24) is 0 Å². The lowest BCUT2D eigenvalue weighted by molar-refractivity contribution is 0.264. The Kier molecular flexibility index (Phi) is 3.96. The van der Waals surface area contributed by atoms with Gasteiger partial charge >= 0.3 is 0 Å². The minimum absolute atomic E-state index is 0.443. The van der Waals surface area contributed by atoms with E-state index in [2.05, 4.69) is 32.9 Å².